The Kier molecular flexibility index (Phi) is 5.32. The van der Waals surface area contributed by atoms with Crippen LogP contribution in [-0.4, -0.2) is 39.0 Å². The van der Waals surface area contributed by atoms with Crippen molar-refractivity contribution in [3.63, 3.8) is 0 Å². The van der Waals surface area contributed by atoms with Crippen molar-refractivity contribution in [1.82, 2.24) is 19.7 Å². The molecule has 2 aliphatic rings. The molecule has 0 saturated heterocycles. The fraction of sp³-hybridized carbons (Fsp3) is 0.280. The van der Waals surface area contributed by atoms with Gasteiger partial charge in [-0.1, -0.05) is 5.16 Å². The van der Waals surface area contributed by atoms with E-state index in [9.17, 15) is 4.79 Å². The van der Waals surface area contributed by atoms with E-state index in [1.54, 1.807) is 29.0 Å². The van der Waals surface area contributed by atoms with E-state index in [2.05, 4.69) is 15.1 Å². The number of aromatic nitrogens is 4. The predicted molar refractivity (Wildman–Crippen MR) is 123 cm³/mol. The van der Waals surface area contributed by atoms with E-state index in [0.29, 0.717) is 43.6 Å². The van der Waals surface area contributed by atoms with Gasteiger partial charge in [-0.15, -0.1) is 0 Å². The summed E-state index contributed by atoms with van der Waals surface area (Å²) >= 11 is 0. The van der Waals surface area contributed by atoms with Gasteiger partial charge >= 0.3 is 5.69 Å². The zero-order chi connectivity index (χ0) is 23.8. The number of benzene rings is 1. The van der Waals surface area contributed by atoms with Crippen molar-refractivity contribution in [3.8, 4) is 34.5 Å². The minimum absolute atomic E-state index is 0.185. The van der Waals surface area contributed by atoms with Crippen LogP contribution >= 0.6 is 0 Å². The van der Waals surface area contributed by atoms with Crippen LogP contribution in [0.5, 0.6) is 23.3 Å². The Bertz CT molecular complexity index is 1450. The first-order chi connectivity index (χ1) is 17.1. The second kappa shape index (κ2) is 8.79. The average molecular weight is 474 g/mol. The molecule has 35 heavy (non-hydrogen) atoms. The summed E-state index contributed by atoms with van der Waals surface area (Å²) in [5, 5.41) is 3.87. The minimum Gasteiger partial charge on any atom is -0.486 e. The van der Waals surface area contributed by atoms with E-state index >= 15 is 0 Å². The molecule has 0 amide bonds. The Morgan fingerprint density at radius 2 is 2.11 bits per heavy atom. The number of hydrogen-bond donors (Lipinski definition) is 0. The van der Waals surface area contributed by atoms with E-state index in [0.717, 1.165) is 28.3 Å². The molecule has 0 radical (unpaired) electrons. The normalized spacial score (nSPS) is 15.7. The maximum absolute atomic E-state index is 12.7. The highest BCUT2D eigenvalue weighted by Gasteiger charge is 2.24. The molecule has 0 bridgehead atoms. The molecular weight excluding hydrogens is 452 g/mol. The highest BCUT2D eigenvalue weighted by Crippen LogP contribution is 2.33. The number of rotatable bonds is 6. The van der Waals surface area contributed by atoms with Crippen molar-refractivity contribution in [2.75, 3.05) is 13.2 Å². The highest BCUT2D eigenvalue weighted by atomic mass is 16.6. The monoisotopic (exact) mass is 474 g/mol. The molecule has 6 rings (SSSR count). The zero-order valence-corrected chi connectivity index (χ0v) is 19.0. The van der Waals surface area contributed by atoms with Crippen LogP contribution in [0.25, 0.3) is 11.3 Å². The maximum atomic E-state index is 12.7. The van der Waals surface area contributed by atoms with Gasteiger partial charge in [0.1, 0.15) is 25.6 Å². The number of pyridine rings is 1. The highest BCUT2D eigenvalue weighted by molar-refractivity contribution is 5.67. The van der Waals surface area contributed by atoms with Gasteiger partial charge in [0.15, 0.2) is 17.6 Å². The molecule has 0 aliphatic carbocycles. The van der Waals surface area contributed by atoms with Crippen LogP contribution in [0.15, 0.2) is 58.0 Å². The third kappa shape index (κ3) is 4.30. The Morgan fingerprint density at radius 3 is 3.00 bits per heavy atom. The van der Waals surface area contributed by atoms with Crippen molar-refractivity contribution in [2.24, 2.45) is 0 Å². The Labute approximate surface area is 200 Å². The lowest BCUT2D eigenvalue weighted by atomic mass is 9.97. The van der Waals surface area contributed by atoms with Gasteiger partial charge in [0.25, 0.3) is 5.88 Å². The van der Waals surface area contributed by atoms with Crippen LogP contribution in [0.2, 0.25) is 0 Å². The predicted octanol–water partition coefficient (Wildman–Crippen LogP) is 2.96. The molecule has 4 aromatic rings. The van der Waals surface area contributed by atoms with Gasteiger partial charge in [-0.3, -0.25) is 4.57 Å². The maximum Gasteiger partial charge on any atom is 0.351 e. The SMILES string of the molecule is Cc1cc(COc2ccc3c(c2)CCn2c-3cc(OCC3COc4ncccc4O3)nc2=O)on1. The number of aryl methyl sites for hydroxylation is 2. The average Bonchev–Trinajstić information content (AvgIpc) is 3.30. The largest absolute Gasteiger partial charge is 0.486 e. The molecule has 5 heterocycles. The van der Waals surface area contributed by atoms with Crippen LogP contribution in [0.3, 0.4) is 0 Å². The van der Waals surface area contributed by atoms with E-state index in [1.165, 1.54) is 0 Å². The number of fused-ring (bicyclic) bond motifs is 4. The molecule has 0 spiro atoms. The van der Waals surface area contributed by atoms with Crippen molar-refractivity contribution < 1.29 is 23.5 Å². The van der Waals surface area contributed by atoms with Crippen LogP contribution in [0, 0.1) is 6.92 Å². The fourth-order valence-electron chi connectivity index (χ4n) is 4.21. The lowest BCUT2D eigenvalue weighted by Crippen LogP contribution is -2.35. The van der Waals surface area contributed by atoms with E-state index in [4.69, 9.17) is 23.5 Å². The molecule has 0 saturated carbocycles. The smallest absolute Gasteiger partial charge is 0.351 e. The van der Waals surface area contributed by atoms with Crippen molar-refractivity contribution in [2.45, 2.75) is 32.6 Å². The lowest BCUT2D eigenvalue weighted by molar-refractivity contribution is 0.0486. The van der Waals surface area contributed by atoms with Gasteiger partial charge in [0.2, 0.25) is 5.88 Å². The molecule has 1 unspecified atom stereocenters. The first-order valence-electron chi connectivity index (χ1n) is 11.3. The molecule has 1 atom stereocenters. The summed E-state index contributed by atoms with van der Waals surface area (Å²) in [6.45, 7) is 3.18. The third-order valence-electron chi connectivity index (χ3n) is 5.86. The topological polar surface area (TPSA) is 111 Å². The minimum atomic E-state index is -0.348. The van der Waals surface area contributed by atoms with Crippen molar-refractivity contribution in [1.29, 1.82) is 0 Å². The standard InChI is InChI=1S/C25H22N4O6/c1-15-9-18(35-28-15)12-31-17-4-5-20-16(10-17)6-8-29-21(20)11-23(27-25(29)30)32-13-19-14-33-24-22(34-19)3-2-7-26-24/h2-5,7,9-11,19H,6,8,12-14H2,1H3. The molecule has 0 N–H and O–H groups in total. The van der Waals surface area contributed by atoms with Gasteiger partial charge in [-0.2, -0.15) is 4.98 Å². The van der Waals surface area contributed by atoms with Crippen LogP contribution in [0.1, 0.15) is 17.0 Å². The first kappa shape index (κ1) is 21.2. The number of nitrogens with zero attached hydrogens (tertiary/aromatic N) is 4. The fourth-order valence-corrected chi connectivity index (χ4v) is 4.21. The van der Waals surface area contributed by atoms with Crippen LogP contribution < -0.4 is 24.6 Å². The van der Waals surface area contributed by atoms with E-state index in [1.807, 2.05) is 31.2 Å². The van der Waals surface area contributed by atoms with Gasteiger partial charge < -0.3 is 23.5 Å². The van der Waals surface area contributed by atoms with Crippen LogP contribution in [-0.2, 0) is 19.6 Å². The van der Waals surface area contributed by atoms with Gasteiger partial charge in [-0.25, -0.2) is 9.78 Å². The molecule has 3 aromatic heterocycles. The Hall–Kier alpha value is -4.34. The molecule has 10 nitrogen and oxygen atoms in total. The molecule has 10 heteroatoms. The van der Waals surface area contributed by atoms with E-state index < -0.39 is 0 Å². The quantitative estimate of drug-likeness (QED) is 0.416. The van der Waals surface area contributed by atoms with E-state index in [-0.39, 0.29) is 24.3 Å². The zero-order valence-electron chi connectivity index (χ0n) is 19.0. The summed E-state index contributed by atoms with van der Waals surface area (Å²) in [6.07, 6.45) is 2.00. The molecule has 2 aliphatic heterocycles. The number of hydrogen-bond acceptors (Lipinski definition) is 9. The van der Waals surface area contributed by atoms with Gasteiger partial charge in [0, 0.05) is 30.4 Å². The Balaban J connectivity index is 1.18. The summed E-state index contributed by atoms with van der Waals surface area (Å²) in [6, 6.07) is 13.0. The van der Waals surface area contributed by atoms with Gasteiger partial charge in [-0.05, 0) is 49.2 Å². The Morgan fingerprint density at radius 1 is 1.17 bits per heavy atom. The summed E-state index contributed by atoms with van der Waals surface area (Å²) in [5.74, 6) is 2.66. The van der Waals surface area contributed by atoms with Crippen molar-refractivity contribution in [3.05, 3.63) is 76.2 Å². The lowest BCUT2D eigenvalue weighted by Gasteiger charge is -2.25. The number of ether oxygens (including phenoxy) is 4. The third-order valence-corrected chi connectivity index (χ3v) is 5.86. The van der Waals surface area contributed by atoms with Crippen LogP contribution in [0.4, 0.5) is 0 Å². The summed E-state index contributed by atoms with van der Waals surface area (Å²) in [4.78, 5) is 20.9. The van der Waals surface area contributed by atoms with Crippen molar-refractivity contribution >= 4 is 0 Å². The summed E-state index contributed by atoms with van der Waals surface area (Å²) in [5.41, 5.74) is 3.25. The molecule has 1 aromatic carbocycles. The van der Waals surface area contributed by atoms with Gasteiger partial charge in [0.05, 0.1) is 11.4 Å². The first-order valence-corrected chi connectivity index (χ1v) is 11.3. The molecule has 0 fully saturated rings. The molecular formula is C25H22N4O6. The summed E-state index contributed by atoms with van der Waals surface area (Å²) in [7, 11) is 0. The second-order valence-electron chi connectivity index (χ2n) is 8.37. The second-order valence-corrected chi connectivity index (χ2v) is 8.37. The summed E-state index contributed by atoms with van der Waals surface area (Å²) < 4.78 is 30.1. The molecule has 178 valence electrons.